The monoisotopic (exact) mass is 412 g/mol. The van der Waals surface area contributed by atoms with Gasteiger partial charge in [-0.3, -0.25) is 9.48 Å². The van der Waals surface area contributed by atoms with Crippen LogP contribution in [0.25, 0.3) is 11.1 Å². The highest BCUT2D eigenvalue weighted by atomic mass is 19.3. The standard InChI is InChI=1S/C21H22F2N6O/c1-12-5-14(7-17(6-12)27-21-24-4-3-18(28-21)20(22)23)16-9-25-29(11-16)10-15-8-19(30)26-13(15)2/h3-7,9,11,13,15,20H,8,10H2,1-2H3,(H,26,30)(H,24,27,28). The molecule has 0 saturated carbocycles. The normalized spacial score (nSPS) is 18.6. The zero-order valence-corrected chi connectivity index (χ0v) is 16.6. The number of halogens is 2. The van der Waals surface area contributed by atoms with Gasteiger partial charge >= 0.3 is 0 Å². The van der Waals surface area contributed by atoms with Crippen LogP contribution < -0.4 is 10.6 Å². The van der Waals surface area contributed by atoms with Gasteiger partial charge in [0.05, 0.1) is 6.20 Å². The van der Waals surface area contributed by atoms with Gasteiger partial charge in [0, 0.05) is 48.6 Å². The Hall–Kier alpha value is -3.36. The van der Waals surface area contributed by atoms with E-state index in [1.165, 1.54) is 12.3 Å². The van der Waals surface area contributed by atoms with Crippen molar-refractivity contribution >= 4 is 17.5 Å². The van der Waals surface area contributed by atoms with Crippen molar-refractivity contribution in [3.05, 3.63) is 54.1 Å². The summed E-state index contributed by atoms with van der Waals surface area (Å²) in [5.41, 5.74) is 3.22. The second kappa shape index (κ2) is 8.17. The summed E-state index contributed by atoms with van der Waals surface area (Å²) in [6, 6.07) is 7.13. The molecule has 4 rings (SSSR count). The van der Waals surface area contributed by atoms with Crippen molar-refractivity contribution in [2.75, 3.05) is 5.32 Å². The number of amides is 1. The molecule has 1 aromatic carbocycles. The largest absolute Gasteiger partial charge is 0.353 e. The number of aromatic nitrogens is 4. The Morgan fingerprint density at radius 2 is 2.13 bits per heavy atom. The smallest absolute Gasteiger partial charge is 0.280 e. The lowest BCUT2D eigenvalue weighted by Crippen LogP contribution is -2.27. The fourth-order valence-electron chi connectivity index (χ4n) is 3.63. The molecule has 3 heterocycles. The molecule has 1 aliphatic heterocycles. The summed E-state index contributed by atoms with van der Waals surface area (Å²) in [5.74, 6) is 0.402. The quantitative estimate of drug-likeness (QED) is 0.642. The minimum absolute atomic E-state index is 0.0763. The molecule has 30 heavy (non-hydrogen) atoms. The van der Waals surface area contributed by atoms with Crippen molar-refractivity contribution in [3.63, 3.8) is 0 Å². The van der Waals surface area contributed by atoms with Crippen LogP contribution in [0.2, 0.25) is 0 Å². The highest BCUT2D eigenvalue weighted by Gasteiger charge is 2.29. The van der Waals surface area contributed by atoms with Gasteiger partial charge in [-0.1, -0.05) is 6.07 Å². The Labute approximate surface area is 172 Å². The van der Waals surface area contributed by atoms with Crippen LogP contribution in [0.3, 0.4) is 0 Å². The average molecular weight is 412 g/mol. The Morgan fingerprint density at radius 1 is 1.30 bits per heavy atom. The molecule has 2 aromatic heterocycles. The molecule has 9 heteroatoms. The van der Waals surface area contributed by atoms with Crippen LogP contribution in [0, 0.1) is 12.8 Å². The molecule has 156 valence electrons. The van der Waals surface area contributed by atoms with E-state index in [0.717, 1.165) is 16.7 Å². The van der Waals surface area contributed by atoms with Crippen LogP contribution in [0.4, 0.5) is 20.4 Å². The van der Waals surface area contributed by atoms with E-state index in [2.05, 4.69) is 25.7 Å². The van der Waals surface area contributed by atoms with Gasteiger partial charge in [0.15, 0.2) is 0 Å². The van der Waals surface area contributed by atoms with Crippen molar-refractivity contribution in [1.82, 2.24) is 25.1 Å². The molecule has 2 N–H and O–H groups in total. The molecule has 1 aliphatic rings. The predicted molar refractivity (Wildman–Crippen MR) is 108 cm³/mol. The first-order valence-corrected chi connectivity index (χ1v) is 9.69. The van der Waals surface area contributed by atoms with E-state index < -0.39 is 6.43 Å². The second-order valence-corrected chi connectivity index (χ2v) is 7.59. The summed E-state index contributed by atoms with van der Waals surface area (Å²) >= 11 is 0. The molecular weight excluding hydrogens is 390 g/mol. The van der Waals surface area contributed by atoms with E-state index in [9.17, 15) is 13.6 Å². The van der Waals surface area contributed by atoms with Gasteiger partial charge in [0.25, 0.3) is 6.43 Å². The molecule has 0 aliphatic carbocycles. The third-order valence-corrected chi connectivity index (χ3v) is 5.17. The van der Waals surface area contributed by atoms with E-state index in [4.69, 9.17) is 0 Å². The number of anilines is 2. The molecule has 7 nitrogen and oxygen atoms in total. The van der Waals surface area contributed by atoms with Crippen molar-refractivity contribution in [1.29, 1.82) is 0 Å². The molecule has 2 unspecified atom stereocenters. The van der Waals surface area contributed by atoms with Gasteiger partial charge in [0.2, 0.25) is 11.9 Å². The van der Waals surface area contributed by atoms with Gasteiger partial charge < -0.3 is 10.6 Å². The van der Waals surface area contributed by atoms with Crippen molar-refractivity contribution in [2.45, 2.75) is 39.3 Å². The summed E-state index contributed by atoms with van der Waals surface area (Å²) in [6.07, 6.45) is 2.89. The summed E-state index contributed by atoms with van der Waals surface area (Å²) in [6.45, 7) is 4.61. The third kappa shape index (κ3) is 4.45. The zero-order chi connectivity index (χ0) is 21.3. The second-order valence-electron chi connectivity index (χ2n) is 7.59. The number of hydrogen-bond donors (Lipinski definition) is 2. The number of nitrogens with zero attached hydrogens (tertiary/aromatic N) is 4. The number of alkyl halides is 2. The Morgan fingerprint density at radius 3 is 2.87 bits per heavy atom. The van der Waals surface area contributed by atoms with Crippen molar-refractivity contribution in [3.8, 4) is 11.1 Å². The van der Waals surface area contributed by atoms with E-state index in [-0.39, 0.29) is 29.5 Å². The van der Waals surface area contributed by atoms with Gasteiger partial charge in [-0.2, -0.15) is 5.10 Å². The topological polar surface area (TPSA) is 84.7 Å². The number of benzene rings is 1. The zero-order valence-electron chi connectivity index (χ0n) is 16.6. The number of hydrogen-bond acceptors (Lipinski definition) is 5. The number of nitrogens with one attached hydrogen (secondary N) is 2. The highest BCUT2D eigenvalue weighted by molar-refractivity contribution is 5.78. The van der Waals surface area contributed by atoms with Crippen LogP contribution in [-0.2, 0) is 11.3 Å². The van der Waals surface area contributed by atoms with Gasteiger partial charge in [-0.25, -0.2) is 18.7 Å². The van der Waals surface area contributed by atoms with Crippen LogP contribution in [-0.4, -0.2) is 31.7 Å². The Kier molecular flexibility index (Phi) is 5.43. The summed E-state index contributed by atoms with van der Waals surface area (Å²) < 4.78 is 27.6. The summed E-state index contributed by atoms with van der Waals surface area (Å²) in [7, 11) is 0. The first-order chi connectivity index (χ1) is 14.4. The first-order valence-electron chi connectivity index (χ1n) is 9.69. The number of carbonyl (C=O) groups is 1. The molecular formula is C21H22F2N6O. The molecule has 0 radical (unpaired) electrons. The highest BCUT2D eigenvalue weighted by Crippen LogP contribution is 2.27. The predicted octanol–water partition coefficient (Wildman–Crippen LogP) is 3.85. The fraction of sp³-hybridized carbons (Fsp3) is 0.333. The van der Waals surface area contributed by atoms with E-state index in [1.807, 2.05) is 42.9 Å². The molecule has 1 saturated heterocycles. The SMILES string of the molecule is Cc1cc(Nc2nccc(C(F)F)n2)cc(-c2cnn(CC3CC(=O)NC3C)c2)c1. The number of carbonyl (C=O) groups excluding carboxylic acids is 1. The minimum Gasteiger partial charge on any atom is -0.353 e. The van der Waals surface area contributed by atoms with Gasteiger partial charge in [-0.05, 0) is 43.2 Å². The van der Waals surface area contributed by atoms with Crippen LogP contribution in [0.1, 0.15) is 31.0 Å². The maximum atomic E-state index is 12.9. The van der Waals surface area contributed by atoms with E-state index >= 15 is 0 Å². The van der Waals surface area contributed by atoms with Crippen LogP contribution in [0.15, 0.2) is 42.9 Å². The first kappa shape index (κ1) is 19.9. The Bertz CT molecular complexity index is 1070. The number of rotatable bonds is 6. The maximum absolute atomic E-state index is 12.9. The van der Waals surface area contributed by atoms with Crippen LogP contribution in [0.5, 0.6) is 0 Å². The lowest BCUT2D eigenvalue weighted by molar-refractivity contribution is -0.119. The van der Waals surface area contributed by atoms with E-state index in [0.29, 0.717) is 18.7 Å². The molecule has 0 spiro atoms. The van der Waals surface area contributed by atoms with Crippen molar-refractivity contribution in [2.24, 2.45) is 5.92 Å². The number of aryl methyl sites for hydroxylation is 1. The molecule has 1 amide bonds. The third-order valence-electron chi connectivity index (χ3n) is 5.17. The fourth-order valence-corrected chi connectivity index (χ4v) is 3.63. The lowest BCUT2D eigenvalue weighted by Gasteiger charge is -2.13. The molecule has 1 fully saturated rings. The minimum atomic E-state index is -2.65. The summed E-state index contributed by atoms with van der Waals surface area (Å²) in [4.78, 5) is 19.4. The maximum Gasteiger partial charge on any atom is 0.280 e. The van der Waals surface area contributed by atoms with Crippen molar-refractivity contribution < 1.29 is 13.6 Å². The van der Waals surface area contributed by atoms with Crippen LogP contribution >= 0.6 is 0 Å². The summed E-state index contributed by atoms with van der Waals surface area (Å²) in [5, 5.41) is 10.4. The molecule has 3 aromatic rings. The molecule has 0 bridgehead atoms. The lowest BCUT2D eigenvalue weighted by atomic mass is 10.0. The average Bonchev–Trinajstić information content (AvgIpc) is 3.28. The van der Waals surface area contributed by atoms with Gasteiger partial charge in [0.1, 0.15) is 5.69 Å². The van der Waals surface area contributed by atoms with E-state index in [1.54, 1.807) is 6.20 Å². The Balaban J connectivity index is 1.53. The molecule has 2 atom stereocenters. The van der Waals surface area contributed by atoms with Gasteiger partial charge in [-0.15, -0.1) is 0 Å².